The van der Waals surface area contributed by atoms with Crippen molar-refractivity contribution in [2.24, 2.45) is 0 Å². The number of hydrogen-bond donors (Lipinski definition) is 0. The predicted octanol–water partition coefficient (Wildman–Crippen LogP) is 3.44. The lowest BCUT2D eigenvalue weighted by Gasteiger charge is -2.08. The second kappa shape index (κ2) is 6.35. The summed E-state index contributed by atoms with van der Waals surface area (Å²) < 4.78 is 24.7. The molecule has 94 valence electrons. The van der Waals surface area contributed by atoms with Crippen LogP contribution in [0.3, 0.4) is 0 Å². The second-order valence-electron chi connectivity index (χ2n) is 3.45. The third-order valence-electron chi connectivity index (χ3n) is 2.13. The molecule has 18 heavy (non-hydrogen) atoms. The first-order valence-electron chi connectivity index (χ1n) is 5.37. The zero-order chi connectivity index (χ0) is 12.8. The molecule has 0 bridgehead atoms. The van der Waals surface area contributed by atoms with Gasteiger partial charge in [0, 0.05) is 10.7 Å². The molecule has 1 heterocycles. The summed E-state index contributed by atoms with van der Waals surface area (Å²) in [5.74, 6) is 0.259. The van der Waals surface area contributed by atoms with E-state index in [1.165, 1.54) is 12.3 Å². The minimum Gasteiger partial charge on any atom is -0.490 e. The van der Waals surface area contributed by atoms with Crippen molar-refractivity contribution in [3.05, 3.63) is 53.0 Å². The molecule has 0 atom stereocenters. The molecular formula is C13H11BrFNO2. The van der Waals surface area contributed by atoms with E-state index >= 15 is 0 Å². The number of benzene rings is 1. The molecule has 3 nitrogen and oxygen atoms in total. The number of ether oxygens (including phenoxy) is 2. The lowest BCUT2D eigenvalue weighted by atomic mass is 10.3. The van der Waals surface area contributed by atoms with Gasteiger partial charge in [0.1, 0.15) is 19.0 Å². The molecule has 0 fully saturated rings. The van der Waals surface area contributed by atoms with Crippen LogP contribution in [0.4, 0.5) is 4.39 Å². The van der Waals surface area contributed by atoms with Crippen molar-refractivity contribution >= 4 is 15.9 Å². The van der Waals surface area contributed by atoms with E-state index in [0.717, 1.165) is 10.2 Å². The molecule has 0 saturated heterocycles. The van der Waals surface area contributed by atoms with Gasteiger partial charge in [0.05, 0.1) is 0 Å². The highest BCUT2D eigenvalue weighted by atomic mass is 79.9. The lowest BCUT2D eigenvalue weighted by Crippen LogP contribution is -2.10. The van der Waals surface area contributed by atoms with E-state index in [0.29, 0.717) is 6.61 Å². The van der Waals surface area contributed by atoms with E-state index in [9.17, 15) is 4.39 Å². The van der Waals surface area contributed by atoms with E-state index in [1.807, 2.05) is 24.3 Å². The van der Waals surface area contributed by atoms with Crippen LogP contribution in [0.5, 0.6) is 11.5 Å². The van der Waals surface area contributed by atoms with Crippen molar-refractivity contribution < 1.29 is 13.9 Å². The number of hydrogen-bond acceptors (Lipinski definition) is 3. The van der Waals surface area contributed by atoms with Crippen molar-refractivity contribution in [2.45, 2.75) is 0 Å². The Bertz CT molecular complexity index is 522. The molecule has 0 saturated carbocycles. The van der Waals surface area contributed by atoms with Crippen LogP contribution in [0.2, 0.25) is 0 Å². The van der Waals surface area contributed by atoms with Crippen LogP contribution in [-0.2, 0) is 0 Å². The standard InChI is InChI=1S/C13H11BrFNO2/c14-10-3-1-4-11(9-10)17-7-8-18-12-5-2-6-16-13(12)15/h1-6,9H,7-8H2. The Labute approximate surface area is 113 Å². The highest BCUT2D eigenvalue weighted by Crippen LogP contribution is 2.18. The quantitative estimate of drug-likeness (QED) is 0.626. The third kappa shape index (κ3) is 3.70. The van der Waals surface area contributed by atoms with Gasteiger partial charge < -0.3 is 9.47 Å². The Morgan fingerprint density at radius 3 is 2.72 bits per heavy atom. The lowest BCUT2D eigenvalue weighted by molar-refractivity contribution is 0.210. The first-order chi connectivity index (χ1) is 8.75. The molecule has 0 amide bonds. The van der Waals surface area contributed by atoms with Crippen molar-refractivity contribution in [3.63, 3.8) is 0 Å². The summed E-state index contributed by atoms with van der Waals surface area (Å²) in [5.41, 5.74) is 0. The summed E-state index contributed by atoms with van der Waals surface area (Å²) in [6.45, 7) is 0.597. The maximum Gasteiger partial charge on any atom is 0.255 e. The van der Waals surface area contributed by atoms with Gasteiger partial charge in [-0.05, 0) is 30.3 Å². The fourth-order valence-electron chi connectivity index (χ4n) is 1.35. The maximum absolute atomic E-state index is 13.1. The van der Waals surface area contributed by atoms with E-state index in [2.05, 4.69) is 20.9 Å². The average molecular weight is 312 g/mol. The second-order valence-corrected chi connectivity index (χ2v) is 4.36. The Kier molecular flexibility index (Phi) is 4.52. The van der Waals surface area contributed by atoms with Crippen LogP contribution in [0.1, 0.15) is 0 Å². The van der Waals surface area contributed by atoms with Crippen LogP contribution in [0.15, 0.2) is 47.1 Å². The van der Waals surface area contributed by atoms with Crippen molar-refractivity contribution in [2.75, 3.05) is 13.2 Å². The van der Waals surface area contributed by atoms with Crippen LogP contribution in [0, 0.1) is 5.95 Å². The minimum atomic E-state index is -0.611. The normalized spacial score (nSPS) is 10.1. The number of aromatic nitrogens is 1. The van der Waals surface area contributed by atoms with Gasteiger partial charge in [0.25, 0.3) is 5.95 Å². The van der Waals surface area contributed by atoms with Gasteiger partial charge in [0.2, 0.25) is 0 Å². The maximum atomic E-state index is 13.1. The fourth-order valence-corrected chi connectivity index (χ4v) is 1.73. The van der Waals surface area contributed by atoms with Gasteiger partial charge in [-0.3, -0.25) is 0 Å². The molecule has 0 aliphatic carbocycles. The first kappa shape index (κ1) is 12.8. The van der Waals surface area contributed by atoms with E-state index < -0.39 is 5.95 Å². The molecular weight excluding hydrogens is 301 g/mol. The van der Waals surface area contributed by atoms with Crippen LogP contribution in [-0.4, -0.2) is 18.2 Å². The van der Waals surface area contributed by atoms with Crippen molar-refractivity contribution in [1.29, 1.82) is 0 Å². The predicted molar refractivity (Wildman–Crippen MR) is 69.3 cm³/mol. The van der Waals surface area contributed by atoms with Crippen LogP contribution >= 0.6 is 15.9 Å². The van der Waals surface area contributed by atoms with Crippen molar-refractivity contribution in [1.82, 2.24) is 4.98 Å². The van der Waals surface area contributed by atoms with Gasteiger partial charge >= 0.3 is 0 Å². The van der Waals surface area contributed by atoms with E-state index in [1.54, 1.807) is 6.07 Å². The Balaban J connectivity index is 1.78. The molecule has 0 unspecified atom stereocenters. The number of pyridine rings is 1. The molecule has 5 heteroatoms. The summed E-state index contributed by atoms with van der Waals surface area (Å²) in [5, 5.41) is 0. The molecule has 0 spiro atoms. The third-order valence-corrected chi connectivity index (χ3v) is 2.62. The topological polar surface area (TPSA) is 31.4 Å². The highest BCUT2D eigenvalue weighted by Gasteiger charge is 2.02. The zero-order valence-electron chi connectivity index (χ0n) is 9.48. The smallest absolute Gasteiger partial charge is 0.255 e. The van der Waals surface area contributed by atoms with Crippen molar-refractivity contribution in [3.8, 4) is 11.5 Å². The number of rotatable bonds is 5. The minimum absolute atomic E-state index is 0.135. The molecule has 0 aliphatic heterocycles. The van der Waals surface area contributed by atoms with E-state index in [4.69, 9.17) is 9.47 Å². The Morgan fingerprint density at radius 1 is 1.11 bits per heavy atom. The molecule has 0 aliphatic rings. The van der Waals surface area contributed by atoms with Gasteiger partial charge in [-0.1, -0.05) is 22.0 Å². The largest absolute Gasteiger partial charge is 0.490 e. The van der Waals surface area contributed by atoms with Crippen LogP contribution < -0.4 is 9.47 Å². The summed E-state index contributed by atoms with van der Waals surface area (Å²) in [6, 6.07) is 10.6. The molecule has 1 aromatic heterocycles. The highest BCUT2D eigenvalue weighted by molar-refractivity contribution is 9.10. The Morgan fingerprint density at radius 2 is 1.94 bits per heavy atom. The molecule has 2 rings (SSSR count). The van der Waals surface area contributed by atoms with Gasteiger partial charge in [-0.15, -0.1) is 0 Å². The van der Waals surface area contributed by atoms with Gasteiger partial charge in [-0.2, -0.15) is 4.39 Å². The summed E-state index contributed by atoms with van der Waals surface area (Å²) in [7, 11) is 0. The monoisotopic (exact) mass is 311 g/mol. The molecule has 0 N–H and O–H groups in total. The van der Waals surface area contributed by atoms with E-state index in [-0.39, 0.29) is 12.4 Å². The summed E-state index contributed by atoms with van der Waals surface area (Å²) in [6.07, 6.45) is 1.38. The molecule has 1 aromatic carbocycles. The van der Waals surface area contributed by atoms with Crippen LogP contribution in [0.25, 0.3) is 0 Å². The molecule has 0 radical (unpaired) electrons. The number of halogens is 2. The summed E-state index contributed by atoms with van der Waals surface area (Å²) in [4.78, 5) is 3.49. The summed E-state index contributed by atoms with van der Waals surface area (Å²) >= 11 is 3.35. The van der Waals surface area contributed by atoms with Gasteiger partial charge in [-0.25, -0.2) is 4.98 Å². The molecule has 2 aromatic rings. The van der Waals surface area contributed by atoms with Gasteiger partial charge in [0.15, 0.2) is 5.75 Å². The fraction of sp³-hybridized carbons (Fsp3) is 0.154. The average Bonchev–Trinajstić information content (AvgIpc) is 2.37. The SMILES string of the molecule is Fc1ncccc1OCCOc1cccc(Br)c1. The zero-order valence-corrected chi connectivity index (χ0v) is 11.1. The number of nitrogens with zero attached hydrogens (tertiary/aromatic N) is 1. The first-order valence-corrected chi connectivity index (χ1v) is 6.17. The Hall–Kier alpha value is -1.62.